The van der Waals surface area contributed by atoms with Crippen LogP contribution in [-0.2, 0) is 14.4 Å². The van der Waals surface area contributed by atoms with E-state index < -0.39 is 0 Å². The van der Waals surface area contributed by atoms with E-state index in [2.05, 4.69) is 33.1 Å². The van der Waals surface area contributed by atoms with Crippen molar-refractivity contribution in [2.75, 3.05) is 26.7 Å². The van der Waals surface area contributed by atoms with Crippen LogP contribution in [0.2, 0.25) is 0 Å². The van der Waals surface area contributed by atoms with Gasteiger partial charge in [0.2, 0.25) is 17.7 Å². The molecule has 5 atom stereocenters. The number of carbonyl (C=O) groups excluding carboxylic acids is 3. The van der Waals surface area contributed by atoms with Gasteiger partial charge in [0.25, 0.3) is 0 Å². The quantitative estimate of drug-likeness (QED) is 0.239. The summed E-state index contributed by atoms with van der Waals surface area (Å²) in [5.41, 5.74) is 0. The van der Waals surface area contributed by atoms with E-state index in [0.29, 0.717) is 32.0 Å². The summed E-state index contributed by atoms with van der Waals surface area (Å²) in [5, 5.41) is 9.11. The number of hydrogen-bond acceptors (Lipinski definition) is 4. The minimum atomic E-state index is -0.149. The van der Waals surface area contributed by atoms with Crippen LogP contribution in [0.4, 0.5) is 0 Å². The highest BCUT2D eigenvalue weighted by molar-refractivity contribution is 6.06. The first-order valence-corrected chi connectivity index (χ1v) is 10.2. The van der Waals surface area contributed by atoms with E-state index >= 15 is 0 Å². The van der Waals surface area contributed by atoms with Crippen LogP contribution >= 0.6 is 0 Å². The van der Waals surface area contributed by atoms with Crippen LogP contribution in [0.3, 0.4) is 0 Å². The number of carbonyl (C=O) groups is 3. The average molecular weight is 390 g/mol. The smallest absolute Gasteiger partial charge is 0.233 e. The number of imide groups is 1. The van der Waals surface area contributed by atoms with Crippen molar-refractivity contribution in [1.82, 2.24) is 20.9 Å². The Kier molecular flexibility index (Phi) is 6.36. The summed E-state index contributed by atoms with van der Waals surface area (Å²) in [6.45, 7) is 5.22. The first-order valence-electron chi connectivity index (χ1n) is 10.2. The second-order valence-electron chi connectivity index (χ2n) is 7.88. The highest BCUT2D eigenvalue weighted by Gasteiger charge is 2.58. The summed E-state index contributed by atoms with van der Waals surface area (Å²) in [5.74, 6) is 0.670. The van der Waals surface area contributed by atoms with Crippen LogP contribution in [-0.4, -0.2) is 61.3 Å². The zero-order valence-electron chi connectivity index (χ0n) is 16.9. The molecule has 0 aromatic carbocycles. The minimum Gasteiger partial charge on any atom is -0.356 e. The number of amides is 3. The second kappa shape index (κ2) is 8.75. The highest BCUT2D eigenvalue weighted by Crippen LogP contribution is 2.52. The van der Waals surface area contributed by atoms with Crippen LogP contribution in [0, 0.1) is 23.7 Å². The van der Waals surface area contributed by atoms with Gasteiger partial charge in [-0.05, 0) is 31.6 Å². The van der Waals surface area contributed by atoms with Crippen molar-refractivity contribution < 1.29 is 14.4 Å². The largest absolute Gasteiger partial charge is 0.356 e. The van der Waals surface area contributed by atoms with Crippen molar-refractivity contribution in [2.45, 2.75) is 39.2 Å². The van der Waals surface area contributed by atoms with Gasteiger partial charge in [-0.1, -0.05) is 19.1 Å². The van der Waals surface area contributed by atoms with Crippen molar-refractivity contribution in [3.8, 4) is 0 Å². The summed E-state index contributed by atoms with van der Waals surface area (Å²) < 4.78 is 0. The van der Waals surface area contributed by atoms with Crippen molar-refractivity contribution >= 4 is 23.7 Å². The zero-order chi connectivity index (χ0) is 20.3. The van der Waals surface area contributed by atoms with Crippen LogP contribution in [0.15, 0.2) is 17.1 Å². The number of fused-ring (bicyclic) bond motifs is 5. The van der Waals surface area contributed by atoms with E-state index in [1.807, 2.05) is 13.8 Å². The normalized spacial score (nSPS) is 29.2. The van der Waals surface area contributed by atoms with Gasteiger partial charge in [-0.2, -0.15) is 0 Å². The van der Waals surface area contributed by atoms with Crippen LogP contribution < -0.4 is 16.0 Å². The number of rotatable bonds is 8. The van der Waals surface area contributed by atoms with Gasteiger partial charge in [-0.3, -0.25) is 24.3 Å². The molecule has 0 aromatic rings. The van der Waals surface area contributed by atoms with Gasteiger partial charge in [0, 0.05) is 39.1 Å². The molecule has 1 saturated heterocycles. The molecule has 5 unspecified atom stereocenters. The van der Waals surface area contributed by atoms with Crippen molar-refractivity contribution in [2.24, 2.45) is 28.7 Å². The van der Waals surface area contributed by atoms with E-state index in [0.717, 1.165) is 12.8 Å². The molecule has 1 aliphatic heterocycles. The number of nitrogens with zero attached hydrogens (tertiary/aromatic N) is 2. The highest BCUT2D eigenvalue weighted by atomic mass is 16.2. The molecule has 0 spiro atoms. The SMILES string of the molecule is CCC(C)NC(=O)CCNC(=NC)NCCN1C(=O)C2C3C=CC(C3)C2C1=O. The van der Waals surface area contributed by atoms with Crippen LogP contribution in [0.25, 0.3) is 0 Å². The third-order valence-electron chi connectivity index (χ3n) is 6.08. The topological polar surface area (TPSA) is 103 Å². The summed E-state index contributed by atoms with van der Waals surface area (Å²) in [6, 6.07) is 0.172. The molecular formula is C20H31N5O3. The maximum absolute atomic E-state index is 12.6. The second-order valence-corrected chi connectivity index (χ2v) is 7.88. The summed E-state index contributed by atoms with van der Waals surface area (Å²) in [4.78, 5) is 42.6. The molecule has 2 bridgehead atoms. The first-order chi connectivity index (χ1) is 13.5. The molecule has 8 heteroatoms. The molecule has 8 nitrogen and oxygen atoms in total. The molecule has 3 aliphatic rings. The minimum absolute atomic E-state index is 0.000318. The Balaban J connectivity index is 1.39. The number of likely N-dealkylation sites (tertiary alicyclic amines) is 1. The predicted molar refractivity (Wildman–Crippen MR) is 106 cm³/mol. The van der Waals surface area contributed by atoms with E-state index in [1.54, 1.807) is 7.05 Å². The van der Waals surface area contributed by atoms with Gasteiger partial charge < -0.3 is 16.0 Å². The van der Waals surface area contributed by atoms with E-state index in [4.69, 9.17) is 0 Å². The molecule has 2 aliphatic carbocycles. The van der Waals surface area contributed by atoms with Gasteiger partial charge in [0.15, 0.2) is 5.96 Å². The zero-order valence-corrected chi connectivity index (χ0v) is 16.9. The van der Waals surface area contributed by atoms with E-state index in [-0.39, 0.29) is 47.4 Å². The van der Waals surface area contributed by atoms with Gasteiger partial charge in [-0.15, -0.1) is 0 Å². The molecule has 0 radical (unpaired) electrons. The fraction of sp³-hybridized carbons (Fsp3) is 0.700. The van der Waals surface area contributed by atoms with Crippen LogP contribution in [0.1, 0.15) is 33.1 Å². The number of aliphatic imine (C=N–C) groups is 1. The molecule has 1 saturated carbocycles. The number of allylic oxidation sites excluding steroid dienone is 2. The third-order valence-corrected chi connectivity index (χ3v) is 6.08. The molecule has 154 valence electrons. The standard InChI is InChI=1S/C20H31N5O3/c1-4-12(2)24-15(26)7-8-22-20(21-3)23-9-10-25-18(27)16-13-5-6-14(11-13)17(16)19(25)28/h5-6,12-14,16-17H,4,7-11H2,1-3H3,(H,24,26)(H2,21,22,23). The Bertz CT molecular complexity index is 659. The maximum atomic E-state index is 12.6. The molecule has 0 aromatic heterocycles. The van der Waals surface area contributed by atoms with Gasteiger partial charge >= 0.3 is 0 Å². The Labute approximate surface area is 166 Å². The average Bonchev–Trinajstić information content (AvgIpc) is 3.35. The van der Waals surface area contributed by atoms with Gasteiger partial charge in [-0.25, -0.2) is 0 Å². The Morgan fingerprint density at radius 2 is 1.79 bits per heavy atom. The fourth-order valence-corrected chi connectivity index (χ4v) is 4.43. The Morgan fingerprint density at radius 3 is 2.36 bits per heavy atom. The lowest BCUT2D eigenvalue weighted by Gasteiger charge is -2.18. The maximum Gasteiger partial charge on any atom is 0.233 e. The summed E-state index contributed by atoms with van der Waals surface area (Å²) in [7, 11) is 1.65. The van der Waals surface area contributed by atoms with Gasteiger partial charge in [0.05, 0.1) is 11.8 Å². The Hall–Kier alpha value is -2.38. The number of nitrogens with one attached hydrogen (secondary N) is 3. The lowest BCUT2D eigenvalue weighted by atomic mass is 9.85. The molecular weight excluding hydrogens is 358 g/mol. The van der Waals surface area contributed by atoms with E-state index in [9.17, 15) is 14.4 Å². The molecule has 2 fully saturated rings. The predicted octanol–water partition coefficient (Wildman–Crippen LogP) is 0.263. The summed E-state index contributed by atoms with van der Waals surface area (Å²) in [6.07, 6.45) is 6.40. The van der Waals surface area contributed by atoms with Crippen LogP contribution in [0.5, 0.6) is 0 Å². The molecule has 1 heterocycles. The summed E-state index contributed by atoms with van der Waals surface area (Å²) >= 11 is 0. The Morgan fingerprint density at radius 1 is 1.18 bits per heavy atom. The lowest BCUT2D eigenvalue weighted by molar-refractivity contribution is -0.140. The first kappa shape index (κ1) is 20.4. The molecule has 3 amide bonds. The van der Waals surface area contributed by atoms with E-state index in [1.165, 1.54) is 4.90 Å². The van der Waals surface area contributed by atoms with Crippen molar-refractivity contribution in [1.29, 1.82) is 0 Å². The number of hydrogen-bond donors (Lipinski definition) is 3. The van der Waals surface area contributed by atoms with Gasteiger partial charge in [0.1, 0.15) is 0 Å². The molecule has 28 heavy (non-hydrogen) atoms. The van der Waals surface area contributed by atoms with Crippen molar-refractivity contribution in [3.63, 3.8) is 0 Å². The number of guanidine groups is 1. The van der Waals surface area contributed by atoms with Crippen molar-refractivity contribution in [3.05, 3.63) is 12.2 Å². The fourth-order valence-electron chi connectivity index (χ4n) is 4.43. The lowest BCUT2D eigenvalue weighted by Crippen LogP contribution is -2.44. The molecule has 3 rings (SSSR count). The molecule has 3 N–H and O–H groups in total. The third kappa shape index (κ3) is 4.05. The monoisotopic (exact) mass is 389 g/mol.